The highest BCUT2D eigenvalue weighted by Crippen LogP contribution is 2.14. The molecule has 1 fully saturated rings. The van der Waals surface area contributed by atoms with Crippen LogP contribution in [-0.2, 0) is 11.3 Å². The van der Waals surface area contributed by atoms with Crippen LogP contribution in [0.2, 0.25) is 0 Å². The number of pyridine rings is 1. The Balaban J connectivity index is 2.12. The summed E-state index contributed by atoms with van der Waals surface area (Å²) < 4.78 is 6.83. The van der Waals surface area contributed by atoms with Crippen molar-refractivity contribution in [3.8, 4) is 0 Å². The van der Waals surface area contributed by atoms with Gasteiger partial charge in [-0.25, -0.2) is 0 Å². The first-order chi connectivity index (χ1) is 10.2. The molecule has 21 heavy (non-hydrogen) atoms. The molecule has 1 aromatic heterocycles. The topological polar surface area (TPSA) is 51.5 Å². The summed E-state index contributed by atoms with van der Waals surface area (Å²) in [4.78, 5) is 27.0. The van der Waals surface area contributed by atoms with Crippen LogP contribution in [0.5, 0.6) is 0 Å². The van der Waals surface area contributed by atoms with Crippen molar-refractivity contribution in [2.75, 3.05) is 26.3 Å². The standard InChI is InChI=1S/C16H18N2O3/c1-2-18-14(16(20)17-7-9-21-10-8-17)11-12-5-3-4-6-13(12)15(18)19/h3-6,11H,2,7-10H2,1H3. The number of amides is 1. The van der Waals surface area contributed by atoms with Crippen LogP contribution in [0.25, 0.3) is 10.8 Å². The number of carbonyl (C=O) groups excluding carboxylic acids is 1. The molecule has 1 amide bonds. The van der Waals surface area contributed by atoms with Crippen molar-refractivity contribution in [2.24, 2.45) is 0 Å². The lowest BCUT2D eigenvalue weighted by atomic mass is 10.1. The third kappa shape index (κ3) is 2.45. The average Bonchev–Trinajstić information content (AvgIpc) is 2.55. The van der Waals surface area contributed by atoms with Gasteiger partial charge in [0, 0.05) is 25.0 Å². The van der Waals surface area contributed by atoms with Crippen LogP contribution in [0.4, 0.5) is 0 Å². The normalized spacial score (nSPS) is 15.4. The molecule has 1 aliphatic rings. The predicted molar refractivity (Wildman–Crippen MR) is 80.6 cm³/mol. The van der Waals surface area contributed by atoms with Crippen molar-refractivity contribution in [3.63, 3.8) is 0 Å². The number of hydrogen-bond donors (Lipinski definition) is 0. The fraction of sp³-hybridized carbons (Fsp3) is 0.375. The summed E-state index contributed by atoms with van der Waals surface area (Å²) in [6.45, 7) is 4.61. The first kappa shape index (κ1) is 13.8. The van der Waals surface area contributed by atoms with Crippen molar-refractivity contribution in [3.05, 3.63) is 46.4 Å². The molecule has 0 spiro atoms. The molecule has 2 aromatic rings. The van der Waals surface area contributed by atoms with Crippen molar-refractivity contribution in [2.45, 2.75) is 13.5 Å². The first-order valence-electron chi connectivity index (χ1n) is 7.22. The van der Waals surface area contributed by atoms with Crippen molar-refractivity contribution >= 4 is 16.7 Å². The second kappa shape index (κ2) is 5.69. The third-order valence-corrected chi connectivity index (χ3v) is 3.85. The summed E-state index contributed by atoms with van der Waals surface area (Å²) in [7, 11) is 0. The minimum absolute atomic E-state index is 0.0944. The van der Waals surface area contributed by atoms with Crippen LogP contribution in [-0.4, -0.2) is 41.7 Å². The fourth-order valence-corrected chi connectivity index (χ4v) is 2.72. The zero-order valence-corrected chi connectivity index (χ0v) is 12.0. The molecule has 3 rings (SSSR count). The molecule has 0 atom stereocenters. The molecule has 0 aliphatic carbocycles. The van der Waals surface area contributed by atoms with Crippen LogP contribution >= 0.6 is 0 Å². The Kier molecular flexibility index (Phi) is 3.75. The molecule has 5 heteroatoms. The number of morpholine rings is 1. The minimum atomic E-state index is -0.104. The molecule has 5 nitrogen and oxygen atoms in total. The van der Waals surface area contributed by atoms with Crippen molar-refractivity contribution in [1.29, 1.82) is 0 Å². The van der Waals surface area contributed by atoms with Gasteiger partial charge in [-0.1, -0.05) is 18.2 Å². The summed E-state index contributed by atoms with van der Waals surface area (Å²) in [5, 5.41) is 1.46. The molecule has 0 bridgehead atoms. The summed E-state index contributed by atoms with van der Waals surface area (Å²) in [5.74, 6) is -0.0944. The van der Waals surface area contributed by atoms with E-state index in [0.717, 1.165) is 5.39 Å². The van der Waals surface area contributed by atoms with Gasteiger partial charge in [0.25, 0.3) is 11.5 Å². The van der Waals surface area contributed by atoms with Crippen LogP contribution in [0.15, 0.2) is 35.1 Å². The van der Waals surface area contributed by atoms with E-state index in [1.54, 1.807) is 15.5 Å². The largest absolute Gasteiger partial charge is 0.378 e. The fourth-order valence-electron chi connectivity index (χ4n) is 2.72. The number of nitrogens with zero attached hydrogens (tertiary/aromatic N) is 2. The smallest absolute Gasteiger partial charge is 0.270 e. The van der Waals surface area contributed by atoms with Gasteiger partial charge in [-0.2, -0.15) is 0 Å². The number of aromatic nitrogens is 1. The number of ether oxygens (including phenoxy) is 1. The van der Waals surface area contributed by atoms with Crippen molar-refractivity contribution < 1.29 is 9.53 Å². The van der Waals surface area contributed by atoms with E-state index < -0.39 is 0 Å². The lowest BCUT2D eigenvalue weighted by Crippen LogP contribution is -2.42. The SMILES string of the molecule is CCn1c(C(=O)N2CCOCC2)cc2ccccc2c1=O. The van der Waals surface area contributed by atoms with Gasteiger partial charge in [0.15, 0.2) is 0 Å². The highest BCUT2D eigenvalue weighted by atomic mass is 16.5. The number of hydrogen-bond acceptors (Lipinski definition) is 3. The molecule has 0 unspecified atom stereocenters. The van der Waals surface area contributed by atoms with Crippen LogP contribution < -0.4 is 5.56 Å². The molecule has 0 saturated carbocycles. The van der Waals surface area contributed by atoms with Crippen LogP contribution in [0, 0.1) is 0 Å². The predicted octanol–water partition coefficient (Wildman–Crippen LogP) is 1.49. The Bertz CT molecular complexity index is 730. The maximum absolute atomic E-state index is 12.7. The monoisotopic (exact) mass is 286 g/mol. The number of rotatable bonds is 2. The van der Waals surface area contributed by atoms with E-state index in [0.29, 0.717) is 43.9 Å². The maximum Gasteiger partial charge on any atom is 0.270 e. The summed E-state index contributed by atoms with van der Waals surface area (Å²) in [6, 6.07) is 9.20. The van der Waals surface area contributed by atoms with E-state index in [4.69, 9.17) is 4.74 Å². The minimum Gasteiger partial charge on any atom is -0.378 e. The summed E-state index contributed by atoms with van der Waals surface area (Å²) in [6.07, 6.45) is 0. The van der Waals surface area contributed by atoms with E-state index >= 15 is 0 Å². The Morgan fingerprint density at radius 2 is 1.95 bits per heavy atom. The molecule has 2 heterocycles. The molecule has 0 N–H and O–H groups in total. The van der Waals surface area contributed by atoms with Gasteiger partial charge in [0.2, 0.25) is 0 Å². The Hall–Kier alpha value is -2.14. The quantitative estimate of drug-likeness (QED) is 0.840. The Morgan fingerprint density at radius 1 is 1.24 bits per heavy atom. The van der Waals surface area contributed by atoms with E-state index in [1.807, 2.05) is 31.2 Å². The molecule has 110 valence electrons. The van der Waals surface area contributed by atoms with Crippen LogP contribution in [0.3, 0.4) is 0 Å². The highest BCUT2D eigenvalue weighted by molar-refractivity contribution is 5.96. The number of carbonyl (C=O) groups is 1. The van der Waals surface area contributed by atoms with E-state index in [9.17, 15) is 9.59 Å². The first-order valence-corrected chi connectivity index (χ1v) is 7.22. The van der Waals surface area contributed by atoms with Gasteiger partial charge < -0.3 is 14.2 Å². The summed E-state index contributed by atoms with van der Waals surface area (Å²) in [5.41, 5.74) is 0.357. The van der Waals surface area contributed by atoms with E-state index in [2.05, 4.69) is 0 Å². The Labute approximate surface area is 122 Å². The molecule has 1 saturated heterocycles. The number of benzene rings is 1. The second-order valence-corrected chi connectivity index (χ2v) is 5.07. The van der Waals surface area contributed by atoms with Gasteiger partial charge >= 0.3 is 0 Å². The molecular weight excluding hydrogens is 268 g/mol. The molecular formula is C16H18N2O3. The average molecular weight is 286 g/mol. The van der Waals surface area contributed by atoms with Crippen molar-refractivity contribution in [1.82, 2.24) is 9.47 Å². The lowest BCUT2D eigenvalue weighted by Gasteiger charge is -2.27. The van der Waals surface area contributed by atoms with Gasteiger partial charge in [0.1, 0.15) is 5.69 Å². The highest BCUT2D eigenvalue weighted by Gasteiger charge is 2.22. The number of fused-ring (bicyclic) bond motifs is 1. The third-order valence-electron chi connectivity index (χ3n) is 3.85. The van der Waals surface area contributed by atoms with Crippen LogP contribution in [0.1, 0.15) is 17.4 Å². The molecule has 0 radical (unpaired) electrons. The van der Waals surface area contributed by atoms with E-state index in [1.165, 1.54) is 0 Å². The van der Waals surface area contributed by atoms with Gasteiger partial charge in [-0.3, -0.25) is 9.59 Å². The maximum atomic E-state index is 12.7. The zero-order chi connectivity index (χ0) is 14.8. The van der Waals surface area contributed by atoms with E-state index in [-0.39, 0.29) is 11.5 Å². The zero-order valence-electron chi connectivity index (χ0n) is 12.0. The van der Waals surface area contributed by atoms with Gasteiger partial charge in [-0.15, -0.1) is 0 Å². The molecule has 1 aliphatic heterocycles. The second-order valence-electron chi connectivity index (χ2n) is 5.07. The van der Waals surface area contributed by atoms with Gasteiger partial charge in [0.05, 0.1) is 13.2 Å². The lowest BCUT2D eigenvalue weighted by molar-refractivity contribution is 0.0295. The Morgan fingerprint density at radius 3 is 2.67 bits per heavy atom. The summed E-state index contributed by atoms with van der Waals surface area (Å²) >= 11 is 0. The van der Waals surface area contributed by atoms with Gasteiger partial charge in [-0.05, 0) is 24.4 Å². The molecule has 1 aromatic carbocycles.